The highest BCUT2D eigenvalue weighted by Gasteiger charge is 2.10. The van der Waals surface area contributed by atoms with Gasteiger partial charge in [-0.1, -0.05) is 17.7 Å². The van der Waals surface area contributed by atoms with Crippen LogP contribution >= 0.6 is 11.6 Å². The summed E-state index contributed by atoms with van der Waals surface area (Å²) in [5.74, 6) is 0.420. The molecule has 100 valence electrons. The number of nitrogens with two attached hydrogens (primary N) is 1. The van der Waals surface area contributed by atoms with Crippen molar-refractivity contribution in [1.82, 2.24) is 4.90 Å². The predicted molar refractivity (Wildman–Crippen MR) is 72.9 cm³/mol. The zero-order valence-corrected chi connectivity index (χ0v) is 11.7. The molecule has 0 aliphatic heterocycles. The second-order valence-electron chi connectivity index (χ2n) is 4.18. The fraction of sp³-hybridized carbons (Fsp3) is 0.462. The summed E-state index contributed by atoms with van der Waals surface area (Å²) in [6.07, 6.45) is 0. The third-order valence-corrected chi connectivity index (χ3v) is 3.03. The third kappa shape index (κ3) is 3.89. The first-order valence-corrected chi connectivity index (χ1v) is 6.25. The standard InChI is InChI=1S/C13H19ClN2O2/c1-4-16(3)13(17)8-18-12-6-5-10(9(2)15)7-11(12)14/h5-7,9H,4,8,15H2,1-3H3/t9-/m1/s1. The van der Waals surface area contributed by atoms with Crippen molar-refractivity contribution in [3.8, 4) is 5.75 Å². The van der Waals surface area contributed by atoms with E-state index in [-0.39, 0.29) is 18.6 Å². The molecule has 1 aromatic carbocycles. The summed E-state index contributed by atoms with van der Waals surface area (Å²) < 4.78 is 5.39. The lowest BCUT2D eigenvalue weighted by atomic mass is 10.1. The number of amides is 1. The van der Waals surface area contributed by atoms with E-state index in [1.54, 1.807) is 24.1 Å². The summed E-state index contributed by atoms with van der Waals surface area (Å²) in [7, 11) is 1.73. The van der Waals surface area contributed by atoms with Crippen LogP contribution in [0.5, 0.6) is 5.75 Å². The van der Waals surface area contributed by atoms with E-state index in [0.29, 0.717) is 17.3 Å². The number of carbonyl (C=O) groups is 1. The molecule has 1 atom stereocenters. The van der Waals surface area contributed by atoms with Crippen LogP contribution < -0.4 is 10.5 Å². The molecule has 0 spiro atoms. The Morgan fingerprint density at radius 1 is 1.56 bits per heavy atom. The monoisotopic (exact) mass is 270 g/mol. The van der Waals surface area contributed by atoms with Crippen LogP contribution in [-0.4, -0.2) is 31.0 Å². The molecule has 0 aromatic heterocycles. The van der Waals surface area contributed by atoms with Crippen LogP contribution in [0.1, 0.15) is 25.5 Å². The fourth-order valence-electron chi connectivity index (χ4n) is 1.34. The van der Waals surface area contributed by atoms with Crippen molar-refractivity contribution in [2.45, 2.75) is 19.9 Å². The summed E-state index contributed by atoms with van der Waals surface area (Å²) in [5.41, 5.74) is 6.69. The molecule has 2 N–H and O–H groups in total. The summed E-state index contributed by atoms with van der Waals surface area (Å²) in [5, 5.41) is 0.469. The van der Waals surface area contributed by atoms with Crippen LogP contribution in [0.4, 0.5) is 0 Å². The van der Waals surface area contributed by atoms with E-state index in [1.165, 1.54) is 0 Å². The molecule has 1 rings (SSSR count). The van der Waals surface area contributed by atoms with Crippen LogP contribution in [-0.2, 0) is 4.79 Å². The number of carbonyl (C=O) groups excluding carboxylic acids is 1. The van der Waals surface area contributed by atoms with Crippen molar-refractivity contribution in [1.29, 1.82) is 0 Å². The van der Waals surface area contributed by atoms with E-state index in [9.17, 15) is 4.79 Å². The maximum absolute atomic E-state index is 11.6. The van der Waals surface area contributed by atoms with E-state index in [0.717, 1.165) is 5.56 Å². The molecule has 4 nitrogen and oxygen atoms in total. The van der Waals surface area contributed by atoms with Crippen molar-refractivity contribution in [3.05, 3.63) is 28.8 Å². The van der Waals surface area contributed by atoms with Gasteiger partial charge in [0, 0.05) is 19.6 Å². The summed E-state index contributed by atoms with van der Waals surface area (Å²) in [4.78, 5) is 13.2. The number of likely N-dealkylation sites (N-methyl/N-ethyl adjacent to an activating group) is 1. The zero-order valence-electron chi connectivity index (χ0n) is 10.9. The summed E-state index contributed by atoms with van der Waals surface area (Å²) >= 11 is 6.06. The minimum atomic E-state index is -0.0793. The smallest absolute Gasteiger partial charge is 0.260 e. The zero-order chi connectivity index (χ0) is 13.7. The van der Waals surface area contributed by atoms with Gasteiger partial charge in [0.25, 0.3) is 5.91 Å². The number of halogens is 1. The van der Waals surface area contributed by atoms with Crippen molar-refractivity contribution < 1.29 is 9.53 Å². The molecular weight excluding hydrogens is 252 g/mol. The van der Waals surface area contributed by atoms with Gasteiger partial charge in [0.2, 0.25) is 0 Å². The molecule has 1 aromatic rings. The SMILES string of the molecule is CCN(C)C(=O)COc1ccc([C@@H](C)N)cc1Cl. The maximum Gasteiger partial charge on any atom is 0.260 e. The lowest BCUT2D eigenvalue weighted by Crippen LogP contribution is -2.31. The molecule has 0 aliphatic rings. The molecule has 0 heterocycles. The molecule has 5 heteroatoms. The predicted octanol–water partition coefficient (Wildman–Crippen LogP) is 2.22. The minimum Gasteiger partial charge on any atom is -0.482 e. The van der Waals surface area contributed by atoms with Gasteiger partial charge in [0.15, 0.2) is 6.61 Å². The largest absolute Gasteiger partial charge is 0.482 e. The van der Waals surface area contributed by atoms with Crippen molar-refractivity contribution in [2.75, 3.05) is 20.2 Å². The lowest BCUT2D eigenvalue weighted by Gasteiger charge is -2.15. The molecule has 0 fully saturated rings. The number of rotatable bonds is 5. The second kappa shape index (κ2) is 6.61. The Morgan fingerprint density at radius 3 is 2.72 bits per heavy atom. The highest BCUT2D eigenvalue weighted by molar-refractivity contribution is 6.32. The van der Waals surface area contributed by atoms with Crippen molar-refractivity contribution >= 4 is 17.5 Å². The highest BCUT2D eigenvalue weighted by atomic mass is 35.5. The minimum absolute atomic E-state index is 0.0123. The molecule has 0 saturated heterocycles. The van der Waals surface area contributed by atoms with E-state index in [1.807, 2.05) is 19.9 Å². The summed E-state index contributed by atoms with van der Waals surface area (Å²) in [6.45, 7) is 4.43. The van der Waals surface area contributed by atoms with Crippen LogP contribution in [0, 0.1) is 0 Å². The quantitative estimate of drug-likeness (QED) is 0.893. The first kappa shape index (κ1) is 14.8. The molecule has 18 heavy (non-hydrogen) atoms. The van der Waals surface area contributed by atoms with Crippen molar-refractivity contribution in [2.24, 2.45) is 5.73 Å². The van der Waals surface area contributed by atoms with E-state index >= 15 is 0 Å². The Hall–Kier alpha value is -1.26. The van der Waals surface area contributed by atoms with Gasteiger partial charge < -0.3 is 15.4 Å². The Kier molecular flexibility index (Phi) is 5.44. The molecule has 0 saturated carbocycles. The summed E-state index contributed by atoms with van der Waals surface area (Å²) in [6, 6.07) is 5.26. The molecular formula is C13H19ClN2O2. The van der Waals surface area contributed by atoms with Crippen LogP contribution in [0.25, 0.3) is 0 Å². The lowest BCUT2D eigenvalue weighted by molar-refractivity contribution is -0.131. The van der Waals surface area contributed by atoms with Gasteiger partial charge in [-0.15, -0.1) is 0 Å². The van der Waals surface area contributed by atoms with Gasteiger partial charge in [-0.2, -0.15) is 0 Å². The molecule has 0 bridgehead atoms. The van der Waals surface area contributed by atoms with Crippen molar-refractivity contribution in [3.63, 3.8) is 0 Å². The number of benzene rings is 1. The van der Waals surface area contributed by atoms with Crippen LogP contribution in [0.15, 0.2) is 18.2 Å². The number of nitrogens with zero attached hydrogens (tertiary/aromatic N) is 1. The average molecular weight is 271 g/mol. The van der Waals surface area contributed by atoms with Gasteiger partial charge in [-0.25, -0.2) is 0 Å². The van der Waals surface area contributed by atoms with Crippen LogP contribution in [0.2, 0.25) is 5.02 Å². The Morgan fingerprint density at radius 2 is 2.22 bits per heavy atom. The van der Waals surface area contributed by atoms with E-state index in [2.05, 4.69) is 0 Å². The first-order chi connectivity index (χ1) is 8.45. The van der Waals surface area contributed by atoms with Gasteiger partial charge in [-0.05, 0) is 31.5 Å². The van der Waals surface area contributed by atoms with Gasteiger partial charge >= 0.3 is 0 Å². The average Bonchev–Trinajstić information content (AvgIpc) is 2.35. The van der Waals surface area contributed by atoms with Gasteiger partial charge in [0.05, 0.1) is 5.02 Å². The molecule has 0 unspecified atom stereocenters. The number of ether oxygens (including phenoxy) is 1. The third-order valence-electron chi connectivity index (χ3n) is 2.73. The second-order valence-corrected chi connectivity index (χ2v) is 4.58. The van der Waals surface area contributed by atoms with E-state index < -0.39 is 0 Å². The Bertz CT molecular complexity index is 421. The Balaban J connectivity index is 2.66. The van der Waals surface area contributed by atoms with Crippen LogP contribution in [0.3, 0.4) is 0 Å². The highest BCUT2D eigenvalue weighted by Crippen LogP contribution is 2.27. The number of hydrogen-bond donors (Lipinski definition) is 1. The van der Waals surface area contributed by atoms with Gasteiger partial charge in [0.1, 0.15) is 5.75 Å². The van der Waals surface area contributed by atoms with Gasteiger partial charge in [-0.3, -0.25) is 4.79 Å². The molecule has 0 radical (unpaired) electrons. The fourth-order valence-corrected chi connectivity index (χ4v) is 1.59. The first-order valence-electron chi connectivity index (χ1n) is 5.87. The topological polar surface area (TPSA) is 55.6 Å². The maximum atomic E-state index is 11.6. The molecule has 1 amide bonds. The number of hydrogen-bond acceptors (Lipinski definition) is 3. The molecule has 0 aliphatic carbocycles. The van der Waals surface area contributed by atoms with E-state index in [4.69, 9.17) is 22.1 Å². The Labute approximate surface area is 113 Å². The normalized spacial score (nSPS) is 12.1.